The van der Waals surface area contributed by atoms with E-state index in [0.29, 0.717) is 0 Å². The minimum absolute atomic E-state index is 0.719. The largest absolute Gasteiger partial charge is 0.347 e. The second-order valence-electron chi connectivity index (χ2n) is 6.13. The first-order valence-corrected chi connectivity index (χ1v) is 9.10. The van der Waals surface area contributed by atoms with Gasteiger partial charge in [0.1, 0.15) is 22.8 Å². The van der Waals surface area contributed by atoms with Crippen molar-refractivity contribution in [3.63, 3.8) is 0 Å². The summed E-state index contributed by atoms with van der Waals surface area (Å²) in [5.41, 5.74) is 2.39. The number of hydrogen-bond donors (Lipinski definition) is 0. The Kier molecular flexibility index (Phi) is 3.27. The highest BCUT2D eigenvalue weighted by Gasteiger charge is 2.24. The summed E-state index contributed by atoms with van der Waals surface area (Å²) in [4.78, 5) is 12.4. The molecule has 3 aromatic heterocycles. The monoisotopic (exact) mass is 348 g/mol. The number of aromatic nitrogens is 5. The van der Waals surface area contributed by atoms with Crippen molar-refractivity contribution >= 4 is 27.4 Å². The van der Waals surface area contributed by atoms with Crippen LogP contribution in [-0.4, -0.2) is 31.3 Å². The molecule has 0 atom stereocenters. The summed E-state index contributed by atoms with van der Waals surface area (Å²) >= 11 is 1.67. The molecule has 0 aliphatic carbocycles. The van der Waals surface area contributed by atoms with Gasteiger partial charge in [0, 0.05) is 24.0 Å². The maximum Gasteiger partial charge on any atom is 0.152 e. The second-order valence-corrected chi connectivity index (χ2v) is 6.99. The van der Waals surface area contributed by atoms with E-state index in [4.69, 9.17) is 0 Å². The molecule has 4 heterocycles. The fourth-order valence-corrected chi connectivity index (χ4v) is 4.32. The fourth-order valence-electron chi connectivity index (χ4n) is 3.41. The summed E-state index contributed by atoms with van der Waals surface area (Å²) in [6.45, 7) is 4.49. The molecule has 5 rings (SSSR count). The number of benzene rings is 1. The van der Waals surface area contributed by atoms with Gasteiger partial charge in [-0.3, -0.25) is 0 Å². The predicted octanol–water partition coefficient (Wildman–Crippen LogP) is 3.28. The number of anilines is 1. The quantitative estimate of drug-likeness (QED) is 0.556. The summed E-state index contributed by atoms with van der Waals surface area (Å²) < 4.78 is 2.18. The third-order valence-electron chi connectivity index (χ3n) is 4.67. The van der Waals surface area contributed by atoms with Gasteiger partial charge in [0.05, 0.1) is 11.9 Å². The maximum atomic E-state index is 4.63. The Morgan fingerprint density at radius 1 is 1.04 bits per heavy atom. The molecule has 25 heavy (non-hydrogen) atoms. The lowest BCUT2D eigenvalue weighted by atomic mass is 10.1. The topological polar surface area (TPSA) is 59.7 Å². The highest BCUT2D eigenvalue weighted by Crippen LogP contribution is 2.38. The maximum absolute atomic E-state index is 4.63. The lowest BCUT2D eigenvalue weighted by Crippen LogP contribution is -2.34. The molecule has 6 nitrogen and oxygen atoms in total. The molecular weight excluding hydrogens is 332 g/mol. The smallest absolute Gasteiger partial charge is 0.152 e. The van der Waals surface area contributed by atoms with Crippen LogP contribution in [0.5, 0.6) is 0 Å². The Morgan fingerprint density at radius 2 is 1.92 bits per heavy atom. The Hall–Kier alpha value is -2.80. The summed E-state index contributed by atoms with van der Waals surface area (Å²) in [7, 11) is 0. The van der Waals surface area contributed by atoms with Crippen LogP contribution in [-0.2, 0) is 13.1 Å². The lowest BCUT2D eigenvalue weighted by molar-refractivity contribution is 0.548. The summed E-state index contributed by atoms with van der Waals surface area (Å²) in [5, 5.41) is 11.8. The molecule has 0 unspecified atom stereocenters. The van der Waals surface area contributed by atoms with Gasteiger partial charge in [0.2, 0.25) is 0 Å². The van der Waals surface area contributed by atoms with E-state index in [0.717, 1.165) is 47.3 Å². The van der Waals surface area contributed by atoms with Crippen molar-refractivity contribution in [3.8, 4) is 11.1 Å². The molecule has 0 saturated heterocycles. The molecule has 0 N–H and O–H groups in total. The third-order valence-corrected chi connectivity index (χ3v) is 5.56. The summed E-state index contributed by atoms with van der Waals surface area (Å²) in [6.07, 6.45) is 1.66. The van der Waals surface area contributed by atoms with Crippen molar-refractivity contribution in [1.82, 2.24) is 24.7 Å². The predicted molar refractivity (Wildman–Crippen MR) is 98.7 cm³/mol. The van der Waals surface area contributed by atoms with E-state index in [1.165, 1.54) is 11.1 Å². The van der Waals surface area contributed by atoms with Gasteiger partial charge < -0.3 is 9.47 Å². The zero-order chi connectivity index (χ0) is 16.8. The normalized spacial score (nSPS) is 14.0. The molecule has 1 aliphatic heterocycles. The molecule has 0 bridgehead atoms. The van der Waals surface area contributed by atoms with Crippen molar-refractivity contribution in [2.45, 2.75) is 20.0 Å². The first-order valence-electron chi connectivity index (χ1n) is 8.22. The van der Waals surface area contributed by atoms with E-state index in [1.807, 2.05) is 13.0 Å². The Balaban J connectivity index is 1.64. The van der Waals surface area contributed by atoms with E-state index in [1.54, 1.807) is 17.7 Å². The number of fused-ring (bicyclic) bond motifs is 2. The molecule has 124 valence electrons. The van der Waals surface area contributed by atoms with E-state index in [2.05, 4.69) is 59.3 Å². The van der Waals surface area contributed by atoms with Crippen LogP contribution in [0.4, 0.5) is 5.82 Å². The van der Waals surface area contributed by atoms with Crippen LogP contribution in [0.2, 0.25) is 0 Å². The van der Waals surface area contributed by atoms with Crippen LogP contribution in [0.25, 0.3) is 21.3 Å². The molecule has 7 heteroatoms. The molecule has 0 amide bonds. The second kappa shape index (κ2) is 5.63. The molecular formula is C18H16N6S. The molecule has 1 aliphatic rings. The first-order chi connectivity index (χ1) is 12.3. The van der Waals surface area contributed by atoms with Gasteiger partial charge in [-0.15, -0.1) is 21.5 Å². The average Bonchev–Trinajstić information content (AvgIpc) is 3.26. The van der Waals surface area contributed by atoms with Gasteiger partial charge in [0.25, 0.3) is 0 Å². The van der Waals surface area contributed by atoms with E-state index < -0.39 is 0 Å². The van der Waals surface area contributed by atoms with Crippen molar-refractivity contribution in [3.05, 3.63) is 53.7 Å². The van der Waals surface area contributed by atoms with Gasteiger partial charge in [-0.25, -0.2) is 9.97 Å². The van der Waals surface area contributed by atoms with Crippen molar-refractivity contribution in [2.24, 2.45) is 0 Å². The molecule has 0 saturated carbocycles. The van der Waals surface area contributed by atoms with E-state index in [9.17, 15) is 0 Å². The van der Waals surface area contributed by atoms with Crippen LogP contribution < -0.4 is 4.90 Å². The fraction of sp³-hybridized carbons (Fsp3) is 0.222. The number of hydrogen-bond acceptors (Lipinski definition) is 6. The van der Waals surface area contributed by atoms with E-state index in [-0.39, 0.29) is 0 Å². The Labute approximate surface area is 148 Å². The van der Waals surface area contributed by atoms with E-state index >= 15 is 0 Å². The van der Waals surface area contributed by atoms with Crippen LogP contribution in [0.15, 0.2) is 42.0 Å². The summed E-state index contributed by atoms with van der Waals surface area (Å²) in [6, 6.07) is 10.4. The standard InChI is InChI=1S/C18H16N6S/c1-12-21-22-15-9-23(7-8-24(12)15)17-16-14(13-5-3-2-4-6-13)10-25-18(16)20-11-19-17/h2-6,10-11H,7-9H2,1H3. The van der Waals surface area contributed by atoms with Crippen molar-refractivity contribution in [1.29, 1.82) is 0 Å². The van der Waals surface area contributed by atoms with Crippen molar-refractivity contribution in [2.75, 3.05) is 11.4 Å². The van der Waals surface area contributed by atoms with Crippen LogP contribution in [0, 0.1) is 6.92 Å². The van der Waals surface area contributed by atoms with Gasteiger partial charge in [-0.05, 0) is 12.5 Å². The zero-order valence-corrected chi connectivity index (χ0v) is 14.6. The molecule has 0 spiro atoms. The van der Waals surface area contributed by atoms with Crippen LogP contribution >= 0.6 is 11.3 Å². The first kappa shape index (κ1) is 14.5. The minimum atomic E-state index is 0.719. The highest BCUT2D eigenvalue weighted by atomic mass is 32.1. The van der Waals surface area contributed by atoms with Crippen molar-refractivity contribution < 1.29 is 0 Å². The van der Waals surface area contributed by atoms with Gasteiger partial charge in [-0.2, -0.15) is 0 Å². The average molecular weight is 348 g/mol. The van der Waals surface area contributed by atoms with Crippen LogP contribution in [0.3, 0.4) is 0 Å². The van der Waals surface area contributed by atoms with Gasteiger partial charge >= 0.3 is 0 Å². The third kappa shape index (κ3) is 2.31. The molecule has 0 fully saturated rings. The molecule has 4 aromatic rings. The number of nitrogens with zero attached hydrogens (tertiary/aromatic N) is 6. The lowest BCUT2D eigenvalue weighted by Gasteiger charge is -2.29. The number of rotatable bonds is 2. The number of aryl methyl sites for hydroxylation is 1. The molecule has 0 radical (unpaired) electrons. The Morgan fingerprint density at radius 3 is 2.80 bits per heavy atom. The molecule has 1 aromatic carbocycles. The zero-order valence-electron chi connectivity index (χ0n) is 13.8. The van der Waals surface area contributed by atoms with Gasteiger partial charge in [0.15, 0.2) is 5.82 Å². The highest BCUT2D eigenvalue weighted by molar-refractivity contribution is 7.17. The van der Waals surface area contributed by atoms with Gasteiger partial charge in [-0.1, -0.05) is 30.3 Å². The van der Waals surface area contributed by atoms with Crippen LogP contribution in [0.1, 0.15) is 11.6 Å². The number of thiophene rings is 1. The SMILES string of the molecule is Cc1nnc2n1CCN(c1ncnc3scc(-c4ccccc4)c13)C2. The summed E-state index contributed by atoms with van der Waals surface area (Å²) in [5.74, 6) is 2.95. The minimum Gasteiger partial charge on any atom is -0.347 e. The Bertz CT molecular complexity index is 1050.